The number of nitrogens with zero attached hydrogens (tertiary/aromatic N) is 3. The first-order valence-electron chi connectivity index (χ1n) is 11.5. The smallest absolute Gasteiger partial charge is 0.331 e. The van der Waals surface area contributed by atoms with Crippen molar-refractivity contribution in [2.24, 2.45) is 0 Å². The van der Waals surface area contributed by atoms with Crippen LogP contribution in [0.1, 0.15) is 47.8 Å². The minimum atomic E-state index is -0.821. The molecule has 0 saturated heterocycles. The number of halogens is 1. The van der Waals surface area contributed by atoms with E-state index in [0.717, 1.165) is 18.4 Å². The van der Waals surface area contributed by atoms with E-state index in [2.05, 4.69) is 25.6 Å². The molecule has 1 aliphatic rings. The van der Waals surface area contributed by atoms with E-state index in [-0.39, 0.29) is 36.0 Å². The predicted octanol–water partition coefficient (Wildman–Crippen LogP) is 4.33. The second kappa shape index (κ2) is 11.6. The number of nitro groups is 1. The molecule has 0 radical (unpaired) electrons. The molecule has 2 N–H and O–H groups in total. The van der Waals surface area contributed by atoms with E-state index in [1.807, 2.05) is 0 Å². The first kappa shape index (κ1) is 25.7. The van der Waals surface area contributed by atoms with Gasteiger partial charge in [-0.2, -0.15) is 0 Å². The van der Waals surface area contributed by atoms with Crippen molar-refractivity contribution in [1.82, 2.24) is 10.2 Å². The maximum Gasteiger partial charge on any atom is 0.331 e. The summed E-state index contributed by atoms with van der Waals surface area (Å²) >= 11 is 0. The van der Waals surface area contributed by atoms with Crippen LogP contribution in [0.15, 0.2) is 46.9 Å². The lowest BCUT2D eigenvalue weighted by Gasteiger charge is -2.28. The van der Waals surface area contributed by atoms with Crippen LogP contribution in [-0.2, 0) is 14.3 Å². The van der Waals surface area contributed by atoms with Crippen LogP contribution in [0.4, 0.5) is 27.5 Å². The first-order valence-corrected chi connectivity index (χ1v) is 11.5. The molecule has 37 heavy (non-hydrogen) atoms. The van der Waals surface area contributed by atoms with E-state index < -0.39 is 28.5 Å². The Morgan fingerprint density at radius 3 is 2.54 bits per heavy atom. The van der Waals surface area contributed by atoms with Crippen molar-refractivity contribution in [3.05, 3.63) is 69.9 Å². The number of carbonyl (C=O) groups is 2. The van der Waals surface area contributed by atoms with Gasteiger partial charge in [-0.25, -0.2) is 9.18 Å². The van der Waals surface area contributed by atoms with Crippen molar-refractivity contribution in [3.63, 3.8) is 0 Å². The van der Waals surface area contributed by atoms with E-state index in [1.54, 1.807) is 6.07 Å². The lowest BCUT2D eigenvalue weighted by molar-refractivity contribution is -0.384. The fraction of sp³-hybridized carbons (Fsp3) is 0.333. The Bertz CT molecular complexity index is 1270. The zero-order chi connectivity index (χ0) is 26.4. The van der Waals surface area contributed by atoms with Gasteiger partial charge < -0.3 is 24.5 Å². The van der Waals surface area contributed by atoms with Gasteiger partial charge in [0.15, 0.2) is 0 Å². The number of rotatable bonds is 9. The lowest BCUT2D eigenvalue weighted by Crippen LogP contribution is -2.24. The van der Waals surface area contributed by atoms with Gasteiger partial charge in [-0.15, -0.1) is 5.10 Å². The Morgan fingerprint density at radius 1 is 1.14 bits per heavy atom. The summed E-state index contributed by atoms with van der Waals surface area (Å²) in [7, 11) is 1.30. The van der Waals surface area contributed by atoms with Crippen molar-refractivity contribution < 1.29 is 32.8 Å². The summed E-state index contributed by atoms with van der Waals surface area (Å²) < 4.78 is 28.5. The molecule has 2 aromatic carbocycles. The maximum absolute atomic E-state index is 13.0. The van der Waals surface area contributed by atoms with Crippen molar-refractivity contribution in [2.45, 2.75) is 37.7 Å². The normalized spacial score (nSPS) is 17.1. The molecular formula is C24H24FN5O7. The van der Waals surface area contributed by atoms with Gasteiger partial charge in [0.05, 0.1) is 18.1 Å². The summed E-state index contributed by atoms with van der Waals surface area (Å²) in [5.41, 5.74) is 0.964. The number of anilines is 3. The van der Waals surface area contributed by atoms with E-state index in [9.17, 15) is 24.1 Å². The molecule has 1 aromatic heterocycles. The fourth-order valence-electron chi connectivity index (χ4n) is 4.06. The first-order chi connectivity index (χ1) is 17.8. The van der Waals surface area contributed by atoms with Crippen LogP contribution in [0, 0.1) is 15.9 Å². The molecule has 194 valence electrons. The summed E-state index contributed by atoms with van der Waals surface area (Å²) in [5, 5.41) is 24.3. The number of benzene rings is 2. The Hall–Kier alpha value is -4.39. The molecular weight excluding hydrogens is 489 g/mol. The van der Waals surface area contributed by atoms with Gasteiger partial charge in [0.25, 0.3) is 5.69 Å². The van der Waals surface area contributed by atoms with Crippen molar-refractivity contribution >= 4 is 35.0 Å². The third kappa shape index (κ3) is 6.64. The highest BCUT2D eigenvalue weighted by molar-refractivity contribution is 6.02. The Kier molecular flexibility index (Phi) is 8.03. The van der Waals surface area contributed by atoms with E-state index >= 15 is 0 Å². The Balaban J connectivity index is 1.39. The van der Waals surface area contributed by atoms with Crippen molar-refractivity contribution in [1.29, 1.82) is 0 Å². The SMILES string of the molecule is COC(=O)COC1CCC(c2ccc(NC(=O)c3nnc(Nc4ccc(F)cc4)o3)c([N+](=O)[O-])c2)CC1. The van der Waals surface area contributed by atoms with Crippen molar-refractivity contribution in [3.8, 4) is 0 Å². The molecule has 1 amide bonds. The topological polar surface area (TPSA) is 159 Å². The van der Waals surface area contributed by atoms with Gasteiger partial charge in [0.1, 0.15) is 18.1 Å². The minimum Gasteiger partial charge on any atom is -0.467 e. The van der Waals surface area contributed by atoms with Crippen LogP contribution < -0.4 is 10.6 Å². The number of ether oxygens (including phenoxy) is 2. The molecule has 1 fully saturated rings. The molecule has 13 heteroatoms. The molecule has 0 spiro atoms. The van der Waals surface area contributed by atoms with Gasteiger partial charge in [0, 0.05) is 11.8 Å². The number of hydrogen-bond donors (Lipinski definition) is 2. The average Bonchev–Trinajstić information content (AvgIpc) is 3.37. The quantitative estimate of drug-likeness (QED) is 0.240. The maximum atomic E-state index is 13.0. The second-order valence-electron chi connectivity index (χ2n) is 8.39. The number of amides is 1. The van der Waals surface area contributed by atoms with Gasteiger partial charge in [-0.1, -0.05) is 11.2 Å². The summed E-state index contributed by atoms with van der Waals surface area (Å²) in [6.07, 6.45) is 2.82. The largest absolute Gasteiger partial charge is 0.467 e. The number of nitrogens with one attached hydrogen (secondary N) is 2. The zero-order valence-corrected chi connectivity index (χ0v) is 19.8. The minimum absolute atomic E-state index is 0.0138. The van der Waals surface area contributed by atoms with Crippen LogP contribution in [0.3, 0.4) is 0 Å². The zero-order valence-electron chi connectivity index (χ0n) is 19.8. The molecule has 4 rings (SSSR count). The summed E-state index contributed by atoms with van der Waals surface area (Å²) in [4.78, 5) is 35.0. The van der Waals surface area contributed by atoms with E-state index in [0.29, 0.717) is 18.5 Å². The highest BCUT2D eigenvalue weighted by atomic mass is 19.1. The molecule has 0 bridgehead atoms. The van der Waals surface area contributed by atoms with Crippen LogP contribution in [0.5, 0.6) is 0 Å². The van der Waals surface area contributed by atoms with Gasteiger partial charge >= 0.3 is 23.8 Å². The van der Waals surface area contributed by atoms with Crippen LogP contribution in [-0.4, -0.2) is 46.8 Å². The number of esters is 1. The molecule has 0 atom stereocenters. The molecule has 1 aliphatic carbocycles. The Labute approximate surface area is 210 Å². The highest BCUT2D eigenvalue weighted by Gasteiger charge is 2.27. The van der Waals surface area contributed by atoms with Crippen LogP contribution in [0.25, 0.3) is 0 Å². The predicted molar refractivity (Wildman–Crippen MR) is 128 cm³/mol. The van der Waals surface area contributed by atoms with Crippen molar-refractivity contribution in [2.75, 3.05) is 24.4 Å². The molecule has 12 nitrogen and oxygen atoms in total. The summed E-state index contributed by atoms with van der Waals surface area (Å²) in [6.45, 7) is -0.102. The summed E-state index contributed by atoms with van der Waals surface area (Å²) in [5.74, 6) is -2.00. The monoisotopic (exact) mass is 513 g/mol. The highest BCUT2D eigenvalue weighted by Crippen LogP contribution is 2.37. The number of carbonyl (C=O) groups excluding carboxylic acids is 2. The van der Waals surface area contributed by atoms with E-state index in [4.69, 9.17) is 9.15 Å². The van der Waals surface area contributed by atoms with Crippen LogP contribution >= 0.6 is 0 Å². The third-order valence-electron chi connectivity index (χ3n) is 5.99. The molecule has 3 aromatic rings. The summed E-state index contributed by atoms with van der Waals surface area (Å²) in [6, 6.07) is 9.92. The number of hydrogen-bond acceptors (Lipinski definition) is 10. The molecule has 0 unspecified atom stereocenters. The lowest BCUT2D eigenvalue weighted by atomic mass is 9.82. The van der Waals surface area contributed by atoms with Crippen LogP contribution in [0.2, 0.25) is 0 Å². The Morgan fingerprint density at radius 2 is 1.86 bits per heavy atom. The van der Waals surface area contributed by atoms with E-state index in [1.165, 1.54) is 43.5 Å². The number of aromatic nitrogens is 2. The third-order valence-corrected chi connectivity index (χ3v) is 5.99. The van der Waals surface area contributed by atoms with Gasteiger partial charge in [-0.3, -0.25) is 14.9 Å². The van der Waals surface area contributed by atoms with Gasteiger partial charge in [-0.05, 0) is 67.5 Å². The average molecular weight is 513 g/mol. The number of nitro benzene ring substituents is 1. The molecule has 0 aliphatic heterocycles. The molecule has 1 saturated carbocycles. The standard InChI is InChI=1S/C24H24FN5O7/c1-35-21(31)13-36-18-9-2-14(3-10-18)15-4-11-19(20(12-15)30(33)34)27-22(32)23-28-29-24(37-23)26-17-7-5-16(25)6-8-17/h4-8,11-12,14,18H,2-3,9-10,13H2,1H3,(H,26,29)(H,27,32). The number of methoxy groups -OCH3 is 1. The molecule has 1 heterocycles. The fourth-order valence-corrected chi connectivity index (χ4v) is 4.06. The van der Waals surface area contributed by atoms with Gasteiger partial charge in [0.2, 0.25) is 0 Å². The second-order valence-corrected chi connectivity index (χ2v) is 8.39.